The fourth-order valence-electron chi connectivity index (χ4n) is 1.98. The molecule has 2 saturated heterocycles. The van der Waals surface area contributed by atoms with Gasteiger partial charge in [0.2, 0.25) is 0 Å². The van der Waals surface area contributed by atoms with Gasteiger partial charge in [0.15, 0.2) is 0 Å². The van der Waals surface area contributed by atoms with E-state index in [2.05, 4.69) is 5.32 Å². The highest BCUT2D eigenvalue weighted by Gasteiger charge is 2.34. The van der Waals surface area contributed by atoms with Crippen LogP contribution in [0.15, 0.2) is 0 Å². The number of nitrogens with one attached hydrogen (secondary N) is 1. The zero-order chi connectivity index (χ0) is 7.68. The van der Waals surface area contributed by atoms with E-state index in [1.807, 2.05) is 0 Å². The number of ether oxygens (including phenoxy) is 1. The smallest absolute Gasteiger partial charge is 0.0469 e. The first-order valence-electron chi connectivity index (χ1n) is 4.44. The van der Waals surface area contributed by atoms with Crippen molar-refractivity contribution in [2.75, 3.05) is 19.8 Å². The average molecular weight is 156 g/mol. The molecule has 2 heterocycles. The first kappa shape index (κ1) is 7.53. The maximum Gasteiger partial charge on any atom is 0.0469 e. The molecule has 11 heavy (non-hydrogen) atoms. The lowest BCUT2D eigenvalue weighted by Crippen LogP contribution is -2.65. The van der Waals surface area contributed by atoms with Crippen LogP contribution in [0, 0.1) is 5.92 Å². The van der Waals surface area contributed by atoms with E-state index < -0.39 is 0 Å². The highest BCUT2D eigenvalue weighted by atomic mass is 16.5. The van der Waals surface area contributed by atoms with Gasteiger partial charge in [-0.3, -0.25) is 0 Å². The van der Waals surface area contributed by atoms with Gasteiger partial charge in [-0.15, -0.1) is 0 Å². The molecule has 2 aliphatic heterocycles. The predicted molar refractivity (Wildman–Crippen MR) is 43.3 cm³/mol. The van der Waals surface area contributed by atoms with Crippen LogP contribution in [-0.4, -0.2) is 31.8 Å². The average Bonchev–Trinajstić information content (AvgIpc) is 2.04. The molecule has 0 aromatic rings. The van der Waals surface area contributed by atoms with Crippen LogP contribution in [0.3, 0.4) is 0 Å². The van der Waals surface area contributed by atoms with Crippen molar-refractivity contribution in [2.45, 2.75) is 24.9 Å². The molecular weight excluding hydrogens is 140 g/mol. The maximum absolute atomic E-state index is 5.85. The van der Waals surface area contributed by atoms with Gasteiger partial charge in [0.25, 0.3) is 0 Å². The molecule has 0 aliphatic carbocycles. The summed E-state index contributed by atoms with van der Waals surface area (Å²) in [5.74, 6) is 0.771. The highest BCUT2D eigenvalue weighted by Crippen LogP contribution is 2.23. The van der Waals surface area contributed by atoms with E-state index >= 15 is 0 Å². The largest absolute Gasteiger partial charge is 0.381 e. The molecule has 0 amide bonds. The Kier molecular flexibility index (Phi) is 2.11. The Hall–Kier alpha value is -0.120. The van der Waals surface area contributed by atoms with E-state index in [9.17, 15) is 0 Å². The van der Waals surface area contributed by atoms with Crippen molar-refractivity contribution in [3.8, 4) is 0 Å². The Labute approximate surface area is 67.3 Å². The van der Waals surface area contributed by atoms with Crippen LogP contribution in [0.5, 0.6) is 0 Å². The van der Waals surface area contributed by atoms with Gasteiger partial charge in [0.1, 0.15) is 0 Å². The summed E-state index contributed by atoms with van der Waals surface area (Å²) in [6, 6.07) is 0.983. The van der Waals surface area contributed by atoms with Crippen LogP contribution in [0.2, 0.25) is 0 Å². The van der Waals surface area contributed by atoms with Crippen LogP contribution >= 0.6 is 0 Å². The van der Waals surface area contributed by atoms with Gasteiger partial charge in [0.05, 0.1) is 0 Å². The van der Waals surface area contributed by atoms with Gasteiger partial charge in [0, 0.05) is 31.8 Å². The minimum atomic E-state index is 0.401. The van der Waals surface area contributed by atoms with Gasteiger partial charge in [-0.25, -0.2) is 0 Å². The van der Waals surface area contributed by atoms with Crippen LogP contribution in [0.4, 0.5) is 0 Å². The molecule has 64 valence electrons. The molecule has 0 saturated carbocycles. The molecule has 2 aliphatic rings. The van der Waals surface area contributed by atoms with E-state index in [4.69, 9.17) is 10.5 Å². The fourth-order valence-corrected chi connectivity index (χ4v) is 1.98. The quantitative estimate of drug-likeness (QED) is 0.548. The summed E-state index contributed by atoms with van der Waals surface area (Å²) < 4.78 is 5.29. The number of hydrogen-bond acceptors (Lipinski definition) is 3. The number of nitrogens with two attached hydrogens (primary N) is 1. The van der Waals surface area contributed by atoms with Crippen molar-refractivity contribution in [1.29, 1.82) is 0 Å². The molecule has 3 N–H and O–H groups in total. The van der Waals surface area contributed by atoms with Crippen molar-refractivity contribution < 1.29 is 4.74 Å². The van der Waals surface area contributed by atoms with Gasteiger partial charge >= 0.3 is 0 Å². The van der Waals surface area contributed by atoms with Gasteiger partial charge in [-0.05, 0) is 18.8 Å². The van der Waals surface area contributed by atoms with Crippen molar-refractivity contribution in [3.63, 3.8) is 0 Å². The standard InChI is InChI=1S/C8H16N2O/c9-7-5-10-8(7)6-1-3-11-4-2-6/h6-8,10H,1-5,9H2. The van der Waals surface area contributed by atoms with Crippen molar-refractivity contribution in [1.82, 2.24) is 5.32 Å². The third-order valence-electron chi connectivity index (χ3n) is 2.82. The summed E-state index contributed by atoms with van der Waals surface area (Å²) in [5.41, 5.74) is 5.85. The van der Waals surface area contributed by atoms with E-state index in [0.717, 1.165) is 25.7 Å². The van der Waals surface area contributed by atoms with Crippen LogP contribution in [-0.2, 0) is 4.74 Å². The second-order valence-electron chi connectivity index (χ2n) is 3.55. The number of rotatable bonds is 1. The SMILES string of the molecule is NC1CNC1C1CCOCC1. The lowest BCUT2D eigenvalue weighted by molar-refractivity contribution is 0.0389. The Bertz CT molecular complexity index is 134. The molecule has 0 aromatic heterocycles. The fraction of sp³-hybridized carbons (Fsp3) is 1.00. The summed E-state index contributed by atoms with van der Waals surface area (Å²) in [6.45, 7) is 2.85. The minimum absolute atomic E-state index is 0.401. The summed E-state index contributed by atoms with van der Waals surface area (Å²) in [6.07, 6.45) is 2.37. The molecule has 0 aromatic carbocycles. The molecule has 2 rings (SSSR count). The van der Waals surface area contributed by atoms with E-state index in [0.29, 0.717) is 12.1 Å². The molecule has 0 spiro atoms. The number of hydrogen-bond donors (Lipinski definition) is 2. The first-order valence-corrected chi connectivity index (χ1v) is 4.44. The van der Waals surface area contributed by atoms with E-state index in [-0.39, 0.29) is 0 Å². The Balaban J connectivity index is 1.83. The van der Waals surface area contributed by atoms with Crippen LogP contribution in [0.25, 0.3) is 0 Å². The summed E-state index contributed by atoms with van der Waals surface area (Å²) in [5, 5.41) is 3.38. The van der Waals surface area contributed by atoms with Crippen LogP contribution in [0.1, 0.15) is 12.8 Å². The zero-order valence-electron chi connectivity index (χ0n) is 6.75. The molecule has 3 nitrogen and oxygen atoms in total. The van der Waals surface area contributed by atoms with Gasteiger partial charge in [-0.1, -0.05) is 0 Å². The maximum atomic E-state index is 5.85. The molecule has 2 fully saturated rings. The lowest BCUT2D eigenvalue weighted by atomic mass is 9.83. The highest BCUT2D eigenvalue weighted by molar-refractivity contribution is 4.96. The molecule has 3 heteroatoms. The van der Waals surface area contributed by atoms with Gasteiger partial charge < -0.3 is 15.8 Å². The second kappa shape index (κ2) is 3.09. The van der Waals surface area contributed by atoms with E-state index in [1.54, 1.807) is 0 Å². The van der Waals surface area contributed by atoms with Crippen molar-refractivity contribution >= 4 is 0 Å². The third kappa shape index (κ3) is 1.41. The second-order valence-corrected chi connectivity index (χ2v) is 3.55. The molecule has 2 atom stereocenters. The van der Waals surface area contributed by atoms with E-state index in [1.165, 1.54) is 12.8 Å². The molecule has 0 radical (unpaired) electrons. The van der Waals surface area contributed by atoms with Crippen LogP contribution < -0.4 is 11.1 Å². The monoisotopic (exact) mass is 156 g/mol. The Morgan fingerprint density at radius 3 is 2.45 bits per heavy atom. The zero-order valence-corrected chi connectivity index (χ0v) is 6.75. The normalized spacial score (nSPS) is 40.1. The summed E-state index contributed by atoms with van der Waals surface area (Å²) in [7, 11) is 0. The van der Waals surface area contributed by atoms with Crippen molar-refractivity contribution in [3.05, 3.63) is 0 Å². The molecule has 0 bridgehead atoms. The Morgan fingerprint density at radius 2 is 2.00 bits per heavy atom. The first-order chi connectivity index (χ1) is 5.38. The Morgan fingerprint density at radius 1 is 1.27 bits per heavy atom. The topological polar surface area (TPSA) is 47.3 Å². The minimum Gasteiger partial charge on any atom is -0.381 e. The summed E-state index contributed by atoms with van der Waals surface area (Å²) >= 11 is 0. The summed E-state index contributed by atoms with van der Waals surface area (Å²) in [4.78, 5) is 0. The predicted octanol–water partition coefficient (Wildman–Crippen LogP) is -0.288. The third-order valence-corrected chi connectivity index (χ3v) is 2.82. The van der Waals surface area contributed by atoms with Crippen molar-refractivity contribution in [2.24, 2.45) is 11.7 Å². The lowest BCUT2D eigenvalue weighted by Gasteiger charge is -2.42. The molecule has 2 unspecified atom stereocenters. The molecular formula is C8H16N2O. The van der Waals surface area contributed by atoms with Gasteiger partial charge in [-0.2, -0.15) is 0 Å².